The lowest BCUT2D eigenvalue weighted by Gasteiger charge is -2.08. The third-order valence-electron chi connectivity index (χ3n) is 2.83. The number of hydrogen-bond acceptors (Lipinski definition) is 5. The summed E-state index contributed by atoms with van der Waals surface area (Å²) < 4.78 is 9.96. The summed E-state index contributed by atoms with van der Waals surface area (Å²) in [6.07, 6.45) is 1.65. The SMILES string of the molecule is CCCOC(=O)c1ccc(NC(=O)CNCCCOC)cc1. The minimum Gasteiger partial charge on any atom is -0.462 e. The maximum atomic E-state index is 11.7. The third kappa shape index (κ3) is 7.19. The second kappa shape index (κ2) is 10.8. The number of carbonyl (C=O) groups excluding carboxylic acids is 2. The lowest BCUT2D eigenvalue weighted by molar-refractivity contribution is -0.115. The normalized spacial score (nSPS) is 10.3. The predicted octanol–water partition coefficient (Wildman–Crippen LogP) is 1.82. The maximum absolute atomic E-state index is 11.7. The fourth-order valence-corrected chi connectivity index (χ4v) is 1.72. The Morgan fingerprint density at radius 2 is 1.86 bits per heavy atom. The van der Waals surface area contributed by atoms with Gasteiger partial charge in [0.25, 0.3) is 0 Å². The van der Waals surface area contributed by atoms with E-state index in [-0.39, 0.29) is 18.4 Å². The molecule has 6 nitrogen and oxygen atoms in total. The molecule has 1 aromatic rings. The highest BCUT2D eigenvalue weighted by molar-refractivity contribution is 5.93. The Balaban J connectivity index is 2.34. The number of rotatable bonds is 10. The van der Waals surface area contributed by atoms with Gasteiger partial charge in [0.2, 0.25) is 5.91 Å². The standard InChI is InChI=1S/C16H24N2O4/c1-3-10-22-16(20)13-5-7-14(8-6-13)18-15(19)12-17-9-4-11-21-2/h5-8,17H,3-4,9-12H2,1-2H3,(H,18,19). The lowest BCUT2D eigenvalue weighted by atomic mass is 10.2. The largest absolute Gasteiger partial charge is 0.462 e. The van der Waals surface area contributed by atoms with Gasteiger partial charge in [-0.3, -0.25) is 4.79 Å². The molecule has 0 spiro atoms. The van der Waals surface area contributed by atoms with Crippen molar-refractivity contribution in [2.24, 2.45) is 0 Å². The van der Waals surface area contributed by atoms with Crippen LogP contribution in [0, 0.1) is 0 Å². The van der Waals surface area contributed by atoms with Gasteiger partial charge in [-0.2, -0.15) is 0 Å². The fraction of sp³-hybridized carbons (Fsp3) is 0.500. The maximum Gasteiger partial charge on any atom is 0.338 e. The molecule has 0 saturated carbocycles. The zero-order chi connectivity index (χ0) is 16.2. The highest BCUT2D eigenvalue weighted by Crippen LogP contribution is 2.10. The van der Waals surface area contributed by atoms with Crippen LogP contribution < -0.4 is 10.6 Å². The monoisotopic (exact) mass is 308 g/mol. The third-order valence-corrected chi connectivity index (χ3v) is 2.83. The van der Waals surface area contributed by atoms with Crippen molar-refractivity contribution < 1.29 is 19.1 Å². The van der Waals surface area contributed by atoms with Gasteiger partial charge in [-0.15, -0.1) is 0 Å². The van der Waals surface area contributed by atoms with E-state index in [1.165, 1.54) is 0 Å². The fourth-order valence-electron chi connectivity index (χ4n) is 1.72. The molecule has 0 atom stereocenters. The van der Waals surface area contributed by atoms with Gasteiger partial charge in [0.05, 0.1) is 18.7 Å². The van der Waals surface area contributed by atoms with Crippen LogP contribution in [0.15, 0.2) is 24.3 Å². The topological polar surface area (TPSA) is 76.7 Å². The number of anilines is 1. The molecule has 2 N–H and O–H groups in total. The number of benzene rings is 1. The molecular weight excluding hydrogens is 284 g/mol. The Labute approximate surface area is 131 Å². The molecule has 0 heterocycles. The molecule has 1 aromatic carbocycles. The number of hydrogen-bond donors (Lipinski definition) is 2. The molecule has 0 aliphatic heterocycles. The summed E-state index contributed by atoms with van der Waals surface area (Å²) in [5.74, 6) is -0.474. The first kappa shape index (κ1) is 18.1. The molecule has 122 valence electrons. The van der Waals surface area contributed by atoms with Crippen LogP contribution in [0.4, 0.5) is 5.69 Å². The Morgan fingerprint density at radius 1 is 1.14 bits per heavy atom. The van der Waals surface area contributed by atoms with Crippen LogP contribution in [0.5, 0.6) is 0 Å². The van der Waals surface area contributed by atoms with Gasteiger partial charge in [0, 0.05) is 19.4 Å². The number of carbonyl (C=O) groups is 2. The van der Waals surface area contributed by atoms with Crippen LogP contribution in [0.25, 0.3) is 0 Å². The van der Waals surface area contributed by atoms with E-state index in [2.05, 4.69) is 10.6 Å². The second-order valence-electron chi connectivity index (χ2n) is 4.78. The highest BCUT2D eigenvalue weighted by atomic mass is 16.5. The lowest BCUT2D eigenvalue weighted by Crippen LogP contribution is -2.29. The van der Waals surface area contributed by atoms with E-state index < -0.39 is 0 Å². The van der Waals surface area contributed by atoms with Crippen molar-refractivity contribution >= 4 is 17.6 Å². The zero-order valence-corrected chi connectivity index (χ0v) is 13.2. The Bertz CT molecular complexity index is 460. The molecular formula is C16H24N2O4. The van der Waals surface area contributed by atoms with Crippen molar-refractivity contribution in [2.45, 2.75) is 19.8 Å². The minimum absolute atomic E-state index is 0.126. The van der Waals surface area contributed by atoms with Gasteiger partial charge in [0.1, 0.15) is 0 Å². The second-order valence-corrected chi connectivity index (χ2v) is 4.78. The zero-order valence-electron chi connectivity index (χ0n) is 13.2. The van der Waals surface area contributed by atoms with E-state index in [9.17, 15) is 9.59 Å². The molecule has 0 unspecified atom stereocenters. The molecule has 6 heteroatoms. The van der Waals surface area contributed by atoms with Crippen molar-refractivity contribution in [1.82, 2.24) is 5.32 Å². The summed E-state index contributed by atoms with van der Waals surface area (Å²) in [4.78, 5) is 23.3. The van der Waals surface area contributed by atoms with E-state index >= 15 is 0 Å². The van der Waals surface area contributed by atoms with Crippen LogP contribution in [0.3, 0.4) is 0 Å². The van der Waals surface area contributed by atoms with Gasteiger partial charge >= 0.3 is 5.97 Å². The molecule has 0 aliphatic rings. The van der Waals surface area contributed by atoms with Gasteiger partial charge in [0.15, 0.2) is 0 Å². The van der Waals surface area contributed by atoms with Crippen molar-refractivity contribution in [3.05, 3.63) is 29.8 Å². The average molecular weight is 308 g/mol. The number of amides is 1. The average Bonchev–Trinajstić information content (AvgIpc) is 2.53. The molecule has 22 heavy (non-hydrogen) atoms. The van der Waals surface area contributed by atoms with Crippen molar-refractivity contribution in [3.63, 3.8) is 0 Å². The van der Waals surface area contributed by atoms with Crippen molar-refractivity contribution in [2.75, 3.05) is 38.7 Å². The van der Waals surface area contributed by atoms with Crippen LogP contribution in [0.1, 0.15) is 30.1 Å². The molecule has 0 radical (unpaired) electrons. The molecule has 0 aliphatic carbocycles. The first-order valence-electron chi connectivity index (χ1n) is 7.44. The predicted molar refractivity (Wildman–Crippen MR) is 85.0 cm³/mol. The number of ether oxygens (including phenoxy) is 2. The van der Waals surface area contributed by atoms with Crippen molar-refractivity contribution in [3.8, 4) is 0 Å². The Morgan fingerprint density at radius 3 is 2.50 bits per heavy atom. The Kier molecular flexibility index (Phi) is 8.86. The van der Waals surface area contributed by atoms with Crippen LogP contribution in [-0.4, -0.2) is 45.3 Å². The summed E-state index contributed by atoms with van der Waals surface area (Å²) >= 11 is 0. The van der Waals surface area contributed by atoms with Crippen LogP contribution in [0.2, 0.25) is 0 Å². The van der Waals surface area contributed by atoms with Crippen LogP contribution >= 0.6 is 0 Å². The Hall–Kier alpha value is -1.92. The summed E-state index contributed by atoms with van der Waals surface area (Å²) in [5, 5.41) is 5.78. The van der Waals surface area contributed by atoms with E-state index in [1.807, 2.05) is 6.92 Å². The molecule has 0 aromatic heterocycles. The van der Waals surface area contributed by atoms with Gasteiger partial charge < -0.3 is 20.1 Å². The molecule has 0 fully saturated rings. The van der Waals surface area contributed by atoms with E-state index in [4.69, 9.17) is 9.47 Å². The number of nitrogens with one attached hydrogen (secondary N) is 2. The first-order valence-corrected chi connectivity index (χ1v) is 7.44. The first-order chi connectivity index (χ1) is 10.7. The number of methoxy groups -OCH3 is 1. The molecule has 1 rings (SSSR count). The molecule has 0 bridgehead atoms. The summed E-state index contributed by atoms with van der Waals surface area (Å²) in [6.45, 7) is 3.99. The van der Waals surface area contributed by atoms with Gasteiger partial charge in [-0.05, 0) is 43.7 Å². The highest BCUT2D eigenvalue weighted by Gasteiger charge is 2.07. The minimum atomic E-state index is -0.348. The smallest absolute Gasteiger partial charge is 0.338 e. The van der Waals surface area contributed by atoms with Crippen LogP contribution in [-0.2, 0) is 14.3 Å². The van der Waals surface area contributed by atoms with Crippen molar-refractivity contribution in [1.29, 1.82) is 0 Å². The molecule has 1 amide bonds. The number of esters is 1. The van der Waals surface area contributed by atoms with E-state index in [0.29, 0.717) is 24.5 Å². The summed E-state index contributed by atoms with van der Waals surface area (Å²) in [7, 11) is 1.65. The van der Waals surface area contributed by atoms with Gasteiger partial charge in [-0.1, -0.05) is 6.92 Å². The quantitative estimate of drug-likeness (QED) is 0.509. The van der Waals surface area contributed by atoms with E-state index in [0.717, 1.165) is 19.4 Å². The van der Waals surface area contributed by atoms with Gasteiger partial charge in [-0.25, -0.2) is 4.79 Å². The summed E-state index contributed by atoms with van der Waals surface area (Å²) in [5.41, 5.74) is 1.12. The van der Waals surface area contributed by atoms with E-state index in [1.54, 1.807) is 31.4 Å². The molecule has 0 saturated heterocycles. The summed E-state index contributed by atoms with van der Waals surface area (Å²) in [6, 6.07) is 6.65.